The molecule has 0 aliphatic heterocycles. The number of carbonyl (C=O) groups excluding carboxylic acids is 1. The van der Waals surface area contributed by atoms with Crippen LogP contribution in [0.15, 0.2) is 30.5 Å². The molecule has 9 heteroatoms. The number of rotatable bonds is 2. The summed E-state index contributed by atoms with van der Waals surface area (Å²) < 4.78 is 51.1. The van der Waals surface area contributed by atoms with E-state index in [1.165, 1.54) is 12.3 Å². The molecule has 1 aromatic heterocycles. The summed E-state index contributed by atoms with van der Waals surface area (Å²) in [5.41, 5.74) is -1.91. The fraction of sp³-hybridized carbons (Fsp3) is 0.0833. The van der Waals surface area contributed by atoms with Gasteiger partial charge in [0.15, 0.2) is 0 Å². The molecule has 1 aromatic carbocycles. The van der Waals surface area contributed by atoms with Crippen LogP contribution in [0.25, 0.3) is 0 Å². The number of nitrogens with zero attached hydrogens (tertiary/aromatic N) is 2. The predicted molar refractivity (Wildman–Crippen MR) is 66.4 cm³/mol. The zero-order valence-electron chi connectivity index (χ0n) is 10.1. The minimum atomic E-state index is -4.69. The molecule has 21 heavy (non-hydrogen) atoms. The van der Waals surface area contributed by atoms with Gasteiger partial charge in [-0.15, -0.1) is 0 Å². The van der Waals surface area contributed by atoms with E-state index in [9.17, 15) is 22.4 Å². The predicted octanol–water partition coefficient (Wildman–Crippen LogP) is 3.54. The Morgan fingerprint density at radius 3 is 2.57 bits per heavy atom. The second-order valence-electron chi connectivity index (χ2n) is 3.85. The third-order valence-corrected chi connectivity index (χ3v) is 2.60. The van der Waals surface area contributed by atoms with Crippen molar-refractivity contribution in [1.82, 2.24) is 9.97 Å². The number of carbonyl (C=O) groups is 1. The van der Waals surface area contributed by atoms with E-state index in [2.05, 4.69) is 15.3 Å². The van der Waals surface area contributed by atoms with E-state index in [-0.39, 0.29) is 11.1 Å². The first kappa shape index (κ1) is 15.2. The Kier molecular flexibility index (Phi) is 4.08. The fourth-order valence-corrected chi connectivity index (χ4v) is 1.58. The van der Waals surface area contributed by atoms with Gasteiger partial charge in [0.05, 0.1) is 11.1 Å². The first-order valence-corrected chi connectivity index (χ1v) is 5.82. The maximum absolute atomic E-state index is 13.5. The molecule has 1 amide bonds. The largest absolute Gasteiger partial charge is 0.416 e. The third-order valence-electron chi connectivity index (χ3n) is 2.39. The van der Waals surface area contributed by atoms with E-state index in [4.69, 9.17) is 11.6 Å². The quantitative estimate of drug-likeness (QED) is 0.680. The van der Waals surface area contributed by atoms with Gasteiger partial charge in [-0.05, 0) is 24.3 Å². The molecule has 1 heterocycles. The Hall–Kier alpha value is -2.22. The average molecular weight is 320 g/mol. The summed E-state index contributed by atoms with van der Waals surface area (Å²) in [6.07, 6.45) is -3.46. The first-order chi connectivity index (χ1) is 9.77. The van der Waals surface area contributed by atoms with Gasteiger partial charge in [0.1, 0.15) is 11.0 Å². The maximum Gasteiger partial charge on any atom is 0.416 e. The van der Waals surface area contributed by atoms with Gasteiger partial charge in [0, 0.05) is 6.20 Å². The molecular formula is C12H6ClF4N3O. The molecule has 0 spiro atoms. The van der Waals surface area contributed by atoms with Gasteiger partial charge < -0.3 is 0 Å². The number of amides is 1. The molecule has 0 saturated heterocycles. The highest BCUT2D eigenvalue weighted by atomic mass is 35.5. The molecule has 110 valence electrons. The number of nitrogens with one attached hydrogen (secondary N) is 1. The average Bonchev–Trinajstić information content (AvgIpc) is 2.37. The van der Waals surface area contributed by atoms with Crippen molar-refractivity contribution in [2.75, 3.05) is 5.32 Å². The van der Waals surface area contributed by atoms with E-state index < -0.39 is 29.0 Å². The molecule has 0 saturated carbocycles. The van der Waals surface area contributed by atoms with Gasteiger partial charge in [-0.25, -0.2) is 14.4 Å². The van der Waals surface area contributed by atoms with Crippen LogP contribution in [0.3, 0.4) is 0 Å². The smallest absolute Gasteiger partial charge is 0.290 e. The van der Waals surface area contributed by atoms with Crippen LogP contribution < -0.4 is 5.32 Å². The Morgan fingerprint density at radius 2 is 1.95 bits per heavy atom. The lowest BCUT2D eigenvalue weighted by molar-refractivity contribution is -0.137. The molecule has 2 aromatic rings. The normalized spacial score (nSPS) is 11.3. The lowest BCUT2D eigenvalue weighted by Gasteiger charge is -2.09. The van der Waals surface area contributed by atoms with Gasteiger partial charge in [-0.3, -0.25) is 10.1 Å². The number of aromatic nitrogens is 2. The van der Waals surface area contributed by atoms with E-state index in [0.717, 1.165) is 0 Å². The van der Waals surface area contributed by atoms with Crippen LogP contribution in [-0.4, -0.2) is 15.9 Å². The monoisotopic (exact) mass is 319 g/mol. The van der Waals surface area contributed by atoms with Crippen LogP contribution in [0.5, 0.6) is 0 Å². The molecule has 0 fully saturated rings. The van der Waals surface area contributed by atoms with Gasteiger partial charge in [0.2, 0.25) is 5.95 Å². The molecule has 1 N–H and O–H groups in total. The van der Waals surface area contributed by atoms with Crippen molar-refractivity contribution in [3.63, 3.8) is 0 Å². The highest BCUT2D eigenvalue weighted by molar-refractivity contribution is 6.29. The van der Waals surface area contributed by atoms with Crippen LogP contribution in [0.2, 0.25) is 5.15 Å². The third kappa shape index (κ3) is 3.66. The van der Waals surface area contributed by atoms with E-state index >= 15 is 0 Å². The summed E-state index contributed by atoms with van der Waals surface area (Å²) in [6.45, 7) is 0. The van der Waals surface area contributed by atoms with Crippen molar-refractivity contribution in [3.05, 3.63) is 52.6 Å². The highest BCUT2D eigenvalue weighted by Gasteiger charge is 2.32. The molecule has 0 unspecified atom stereocenters. The molecule has 0 atom stereocenters. The van der Waals surface area contributed by atoms with Crippen LogP contribution in [0.4, 0.5) is 23.5 Å². The molecule has 0 bridgehead atoms. The Balaban J connectivity index is 2.31. The first-order valence-electron chi connectivity index (χ1n) is 5.44. The number of alkyl halides is 3. The summed E-state index contributed by atoms with van der Waals surface area (Å²) in [6, 6.07) is 2.86. The van der Waals surface area contributed by atoms with Crippen molar-refractivity contribution in [3.8, 4) is 0 Å². The minimum Gasteiger partial charge on any atom is -0.290 e. The zero-order valence-corrected chi connectivity index (χ0v) is 10.8. The summed E-state index contributed by atoms with van der Waals surface area (Å²) in [5, 5.41) is 2.08. The van der Waals surface area contributed by atoms with Crippen molar-refractivity contribution in [2.45, 2.75) is 6.18 Å². The van der Waals surface area contributed by atoms with Crippen molar-refractivity contribution >= 4 is 23.5 Å². The number of halogens is 5. The molecule has 4 nitrogen and oxygen atoms in total. The van der Waals surface area contributed by atoms with Crippen molar-refractivity contribution < 1.29 is 22.4 Å². The van der Waals surface area contributed by atoms with Crippen LogP contribution in [0.1, 0.15) is 15.9 Å². The van der Waals surface area contributed by atoms with Crippen LogP contribution in [0, 0.1) is 5.82 Å². The zero-order chi connectivity index (χ0) is 15.6. The fourth-order valence-electron chi connectivity index (χ4n) is 1.44. The summed E-state index contributed by atoms with van der Waals surface area (Å²) in [4.78, 5) is 19.0. The number of benzene rings is 1. The van der Waals surface area contributed by atoms with Crippen LogP contribution in [-0.2, 0) is 6.18 Å². The second-order valence-corrected chi connectivity index (χ2v) is 4.24. The highest BCUT2D eigenvalue weighted by Crippen LogP contribution is 2.30. The minimum absolute atomic E-state index is 0.0183. The number of hydrogen-bond donors (Lipinski definition) is 1. The van der Waals surface area contributed by atoms with Gasteiger partial charge in [0.25, 0.3) is 5.91 Å². The standard InChI is InChI=1S/C12H6ClF4N3O/c13-9-3-4-18-11(19-9)20-10(21)7-5-6(12(15,16)17)1-2-8(7)14/h1-5H,(H,18,19,20,21). The number of hydrogen-bond acceptors (Lipinski definition) is 3. The van der Waals surface area contributed by atoms with Gasteiger partial charge in [-0.2, -0.15) is 13.2 Å². The molecule has 2 rings (SSSR count). The lowest BCUT2D eigenvalue weighted by Crippen LogP contribution is -2.17. The Labute approximate surface area is 120 Å². The SMILES string of the molecule is O=C(Nc1nccc(Cl)n1)c1cc(C(F)(F)F)ccc1F. The molecule has 0 aliphatic carbocycles. The molecule has 0 aliphatic rings. The van der Waals surface area contributed by atoms with Crippen molar-refractivity contribution in [1.29, 1.82) is 0 Å². The summed E-state index contributed by atoms with van der Waals surface area (Å²) in [7, 11) is 0. The number of anilines is 1. The molecular weight excluding hydrogens is 314 g/mol. The van der Waals surface area contributed by atoms with Crippen LogP contribution >= 0.6 is 11.6 Å². The topological polar surface area (TPSA) is 54.9 Å². The van der Waals surface area contributed by atoms with E-state index in [0.29, 0.717) is 18.2 Å². The molecule has 0 radical (unpaired) electrons. The van der Waals surface area contributed by atoms with Crippen molar-refractivity contribution in [2.24, 2.45) is 0 Å². The lowest BCUT2D eigenvalue weighted by atomic mass is 10.1. The summed E-state index contributed by atoms with van der Waals surface area (Å²) >= 11 is 5.57. The van der Waals surface area contributed by atoms with E-state index in [1.54, 1.807) is 0 Å². The second kappa shape index (κ2) is 5.65. The van der Waals surface area contributed by atoms with Gasteiger partial charge >= 0.3 is 6.18 Å². The Morgan fingerprint density at radius 1 is 1.24 bits per heavy atom. The van der Waals surface area contributed by atoms with E-state index in [1.807, 2.05) is 0 Å². The maximum atomic E-state index is 13.5. The Bertz CT molecular complexity index is 690. The van der Waals surface area contributed by atoms with Gasteiger partial charge in [-0.1, -0.05) is 11.6 Å². The summed E-state index contributed by atoms with van der Waals surface area (Å²) in [5.74, 6) is -2.45.